The number of aromatic amines is 1. The van der Waals surface area contributed by atoms with Crippen molar-refractivity contribution >= 4 is 61.6 Å². The fraction of sp³-hybridized carbons (Fsp3) is 0.582. The van der Waals surface area contributed by atoms with Crippen molar-refractivity contribution in [2.24, 2.45) is 0 Å². The van der Waals surface area contributed by atoms with E-state index in [0.717, 1.165) is 68.3 Å². The normalized spacial score (nSPS) is 20.6. The molecule has 77 heavy (non-hydrogen) atoms. The van der Waals surface area contributed by atoms with Gasteiger partial charge in [-0.05, 0) is 73.4 Å². The van der Waals surface area contributed by atoms with E-state index < -0.39 is 14.6 Å². The number of sulfone groups is 1. The fourth-order valence-corrected chi connectivity index (χ4v) is 12.1. The Morgan fingerprint density at radius 1 is 0.883 bits per heavy atom. The lowest BCUT2D eigenvalue weighted by Gasteiger charge is -2.45. The van der Waals surface area contributed by atoms with Crippen molar-refractivity contribution in [3.63, 3.8) is 0 Å². The maximum absolute atomic E-state index is 14.2. The number of nitrogens with zero attached hydrogens (tertiary/aromatic N) is 12. The molecule has 0 aliphatic carbocycles. The van der Waals surface area contributed by atoms with Gasteiger partial charge in [0.1, 0.15) is 22.8 Å². The number of amides is 2. The quantitative estimate of drug-likeness (QED) is 0.0805. The largest absolute Gasteiger partial charge is 0.492 e. The first-order chi connectivity index (χ1) is 36.6. The predicted molar refractivity (Wildman–Crippen MR) is 297 cm³/mol. The SMILES string of the molecule is CCCC(=O)c1cnc2c(c1)N(C(=O)CN1C[C@@H](C)NC[C@@H]1CN1CCN(c3ncc(C(=O)N4CCN(CCCOc5cc6ncnc(Nc7n[nH]c(C)c7C)c6cc5S(=O)(=O)C(C)(C)C)CC4)cn3)CC1C)CC2(C)C. The number of aryl methyl sites for hydroxylation is 1. The van der Waals surface area contributed by atoms with Crippen molar-refractivity contribution in [2.45, 2.75) is 122 Å². The molecule has 3 N–H and O–H groups in total. The summed E-state index contributed by atoms with van der Waals surface area (Å²) >= 11 is 0. The molecule has 4 aliphatic heterocycles. The molecule has 9 rings (SSSR count). The van der Waals surface area contributed by atoms with Crippen LogP contribution in [0.4, 0.5) is 23.3 Å². The number of aromatic nitrogens is 7. The van der Waals surface area contributed by atoms with E-state index in [1.807, 2.05) is 36.6 Å². The van der Waals surface area contributed by atoms with Crippen molar-refractivity contribution in [1.29, 1.82) is 0 Å². The summed E-state index contributed by atoms with van der Waals surface area (Å²) in [7, 11) is -3.83. The number of Topliss-reactive ketones (excluding diaryl/α,β-unsaturated/α-hetero) is 1. The molecule has 22 heteroatoms. The molecule has 0 spiro atoms. The van der Waals surface area contributed by atoms with Crippen LogP contribution in [0.2, 0.25) is 0 Å². The first kappa shape index (κ1) is 55.6. The molecule has 3 atom stereocenters. The number of rotatable bonds is 17. The molecule has 3 saturated heterocycles. The zero-order chi connectivity index (χ0) is 55.0. The zero-order valence-electron chi connectivity index (χ0n) is 46.5. The molecule has 3 fully saturated rings. The fourth-order valence-electron chi connectivity index (χ4n) is 10.8. The third kappa shape index (κ3) is 12.0. The molecule has 0 radical (unpaired) electrons. The lowest BCUT2D eigenvalue weighted by atomic mass is 9.91. The number of nitrogens with one attached hydrogen (secondary N) is 3. The van der Waals surface area contributed by atoms with Gasteiger partial charge in [0.2, 0.25) is 11.9 Å². The van der Waals surface area contributed by atoms with E-state index >= 15 is 0 Å². The molecule has 4 aromatic heterocycles. The molecule has 0 bridgehead atoms. The van der Waals surface area contributed by atoms with Crippen LogP contribution < -0.4 is 25.2 Å². The highest BCUT2D eigenvalue weighted by atomic mass is 32.2. The highest BCUT2D eigenvalue weighted by Crippen LogP contribution is 2.40. The highest BCUT2D eigenvalue weighted by Gasteiger charge is 2.42. The number of benzene rings is 1. The van der Waals surface area contributed by atoms with Gasteiger partial charge in [0, 0.05) is 155 Å². The maximum atomic E-state index is 14.2. The number of ketones is 1. The van der Waals surface area contributed by atoms with Crippen LogP contribution in [0.3, 0.4) is 0 Å². The van der Waals surface area contributed by atoms with E-state index in [0.29, 0.717) is 91.7 Å². The van der Waals surface area contributed by atoms with Gasteiger partial charge in [-0.1, -0.05) is 20.8 Å². The molecule has 8 heterocycles. The molecule has 21 nitrogen and oxygen atoms in total. The average molecular weight is 1080 g/mol. The molecular weight excluding hydrogens is 999 g/mol. The Balaban J connectivity index is 0.746. The third-order valence-electron chi connectivity index (χ3n) is 15.7. The Labute approximate surface area is 452 Å². The van der Waals surface area contributed by atoms with Crippen molar-refractivity contribution in [3.8, 4) is 5.75 Å². The number of carbonyl (C=O) groups excluding carboxylic acids is 3. The van der Waals surface area contributed by atoms with Crippen LogP contribution in [-0.4, -0.2) is 195 Å². The second-order valence-corrected chi connectivity index (χ2v) is 25.7. The maximum Gasteiger partial charge on any atom is 0.257 e. The predicted octanol–water partition coefficient (Wildman–Crippen LogP) is 5.18. The van der Waals surface area contributed by atoms with Crippen molar-refractivity contribution in [3.05, 3.63) is 71.2 Å². The number of ether oxygens (including phenoxy) is 1. The Kier molecular flexibility index (Phi) is 16.3. The summed E-state index contributed by atoms with van der Waals surface area (Å²) in [6, 6.07) is 5.70. The summed E-state index contributed by atoms with van der Waals surface area (Å²) in [5, 5.41) is 14.7. The number of pyridine rings is 1. The van der Waals surface area contributed by atoms with E-state index in [-0.39, 0.29) is 64.9 Å². The van der Waals surface area contributed by atoms with Crippen molar-refractivity contribution < 1.29 is 27.5 Å². The van der Waals surface area contributed by atoms with Gasteiger partial charge in [0.05, 0.1) is 40.4 Å². The summed E-state index contributed by atoms with van der Waals surface area (Å²) in [6.07, 6.45) is 8.23. The van der Waals surface area contributed by atoms with Crippen LogP contribution in [-0.2, 0) is 20.0 Å². The third-order valence-corrected chi connectivity index (χ3v) is 18.2. The number of carbonyl (C=O) groups is 3. The Bertz CT molecular complexity index is 3080. The number of H-pyrrole nitrogens is 1. The summed E-state index contributed by atoms with van der Waals surface area (Å²) in [5.74, 6) is 1.86. The molecular formula is C55H77N15O6S. The monoisotopic (exact) mass is 1080 g/mol. The molecule has 0 saturated carbocycles. The first-order valence-corrected chi connectivity index (χ1v) is 28.7. The van der Waals surface area contributed by atoms with Crippen molar-refractivity contribution in [2.75, 3.05) is 107 Å². The lowest BCUT2D eigenvalue weighted by molar-refractivity contribution is -0.120. The molecule has 2 amide bonds. The Hall–Kier alpha value is -6.20. The van der Waals surface area contributed by atoms with Gasteiger partial charge in [-0.15, -0.1) is 0 Å². The van der Waals surface area contributed by atoms with Gasteiger partial charge in [-0.25, -0.2) is 28.4 Å². The van der Waals surface area contributed by atoms with Crippen LogP contribution >= 0.6 is 0 Å². The van der Waals surface area contributed by atoms with Crippen LogP contribution in [0, 0.1) is 13.8 Å². The number of fused-ring (bicyclic) bond motifs is 2. The molecule has 1 aromatic carbocycles. The van der Waals surface area contributed by atoms with Gasteiger partial charge < -0.3 is 30.1 Å². The minimum Gasteiger partial charge on any atom is -0.492 e. The number of hydrogen-bond acceptors (Lipinski definition) is 18. The topological polar surface area (TPSA) is 231 Å². The first-order valence-electron chi connectivity index (χ1n) is 27.2. The average Bonchev–Trinajstić information content (AvgIpc) is 3.97. The number of anilines is 4. The van der Waals surface area contributed by atoms with Gasteiger partial charge in [0.25, 0.3) is 5.91 Å². The summed E-state index contributed by atoms with van der Waals surface area (Å²) in [4.78, 5) is 76.8. The second kappa shape index (κ2) is 22.6. The number of piperazine rings is 3. The van der Waals surface area contributed by atoms with E-state index in [1.54, 1.807) is 51.5 Å². The van der Waals surface area contributed by atoms with Gasteiger partial charge >= 0.3 is 0 Å². The lowest BCUT2D eigenvalue weighted by Crippen LogP contribution is -2.63. The molecule has 5 aromatic rings. The van der Waals surface area contributed by atoms with E-state index in [1.165, 1.54) is 6.33 Å². The van der Waals surface area contributed by atoms with Gasteiger partial charge in [0.15, 0.2) is 21.4 Å². The summed E-state index contributed by atoms with van der Waals surface area (Å²) in [5.41, 5.74) is 4.68. The smallest absolute Gasteiger partial charge is 0.257 e. The second-order valence-electron chi connectivity index (χ2n) is 23.0. The molecule has 4 aliphatic rings. The highest BCUT2D eigenvalue weighted by molar-refractivity contribution is 7.92. The summed E-state index contributed by atoms with van der Waals surface area (Å²) in [6.45, 7) is 28.3. The van der Waals surface area contributed by atoms with E-state index in [2.05, 4.69) is 78.1 Å². The van der Waals surface area contributed by atoms with Crippen LogP contribution in [0.25, 0.3) is 10.9 Å². The number of hydrogen-bond donors (Lipinski definition) is 3. The Morgan fingerprint density at radius 3 is 2.31 bits per heavy atom. The van der Waals surface area contributed by atoms with Crippen molar-refractivity contribution in [1.82, 2.24) is 60.0 Å². The van der Waals surface area contributed by atoms with E-state index in [4.69, 9.17) is 19.7 Å². The minimum absolute atomic E-state index is 0.0269. The van der Waals surface area contributed by atoms with Crippen LogP contribution in [0.15, 0.2) is 48.0 Å². The molecule has 414 valence electrons. The van der Waals surface area contributed by atoms with Gasteiger partial charge in [-0.3, -0.25) is 39.2 Å². The van der Waals surface area contributed by atoms with Gasteiger partial charge in [-0.2, -0.15) is 5.10 Å². The summed E-state index contributed by atoms with van der Waals surface area (Å²) < 4.78 is 33.1. The van der Waals surface area contributed by atoms with Crippen LogP contribution in [0.5, 0.6) is 5.75 Å². The standard InChI is InChI=1S/C55H77N15O6S/c1-11-13-45(71)39-22-44-49(57-25-39)55(9,10)33-70(44)48(72)32-69-29-35(2)56-28-41(69)31-67-19-20-68(30-36(67)3)53-58-26-40(27-59-53)52(73)66-17-15-65(16-18-66)14-12-21-76-46-24-43-42(23-47(46)77(74,75)54(6,7)8)51(61-34-60-43)62-50-37(4)38(5)63-64-50/h22-27,34-36,41,56H,11-21,28-33H2,1-10H3,(H2,60,61,62,63,64)/t35-,36?,41-/m1/s1. The molecule has 1 unspecified atom stereocenters. The zero-order valence-corrected chi connectivity index (χ0v) is 47.3. The van der Waals surface area contributed by atoms with E-state index in [9.17, 15) is 22.8 Å². The minimum atomic E-state index is -3.83. The van der Waals surface area contributed by atoms with Crippen LogP contribution in [0.1, 0.15) is 112 Å². The Morgan fingerprint density at radius 2 is 1.62 bits per heavy atom.